The maximum atomic E-state index is 13.3. The molecule has 23 heavy (non-hydrogen) atoms. The number of hydrogen-bond acceptors (Lipinski definition) is 1. The number of halogens is 10. The van der Waals surface area contributed by atoms with Crippen molar-refractivity contribution in [1.29, 1.82) is 0 Å². The van der Waals surface area contributed by atoms with E-state index in [4.69, 9.17) is 0 Å². The van der Waals surface area contributed by atoms with Crippen molar-refractivity contribution in [2.75, 3.05) is 0 Å². The van der Waals surface area contributed by atoms with E-state index in [1.165, 1.54) is 0 Å². The minimum atomic E-state index is -6.76. The standard InChI is InChI=1S/C12H6F10O/c1-5-6(3-2-4-7(5)10(15,16)17)8(23)9(13,14)11(18,19)12(20,21)22/h2-4H,1H3. The van der Waals surface area contributed by atoms with Crippen LogP contribution in [-0.4, -0.2) is 23.8 Å². The van der Waals surface area contributed by atoms with Crippen LogP contribution < -0.4 is 0 Å². The van der Waals surface area contributed by atoms with E-state index in [9.17, 15) is 48.7 Å². The Balaban J connectivity index is 3.47. The van der Waals surface area contributed by atoms with Gasteiger partial charge in [-0.15, -0.1) is 0 Å². The van der Waals surface area contributed by atoms with Gasteiger partial charge in [-0.3, -0.25) is 4.79 Å². The molecule has 0 aliphatic carbocycles. The molecule has 1 rings (SSSR count). The topological polar surface area (TPSA) is 17.1 Å². The molecular formula is C12H6F10O. The maximum absolute atomic E-state index is 13.3. The van der Waals surface area contributed by atoms with Crippen LogP contribution in [0.5, 0.6) is 0 Å². The molecule has 0 aliphatic heterocycles. The second-order valence-electron chi connectivity index (χ2n) is 4.45. The lowest BCUT2D eigenvalue weighted by Gasteiger charge is -2.27. The van der Waals surface area contributed by atoms with E-state index in [1.807, 2.05) is 0 Å². The van der Waals surface area contributed by atoms with Crippen molar-refractivity contribution in [3.05, 3.63) is 34.9 Å². The molecule has 1 aromatic rings. The number of carbonyl (C=O) groups is 1. The zero-order valence-corrected chi connectivity index (χ0v) is 10.9. The van der Waals surface area contributed by atoms with Gasteiger partial charge in [0.05, 0.1) is 5.56 Å². The van der Waals surface area contributed by atoms with Crippen LogP contribution in [-0.2, 0) is 6.18 Å². The Morgan fingerprint density at radius 1 is 0.870 bits per heavy atom. The molecule has 130 valence electrons. The van der Waals surface area contributed by atoms with Gasteiger partial charge in [-0.05, 0) is 18.6 Å². The molecule has 0 unspecified atom stereocenters. The predicted molar refractivity (Wildman–Crippen MR) is 56.5 cm³/mol. The quantitative estimate of drug-likeness (QED) is 0.549. The first kappa shape index (κ1) is 19.2. The zero-order valence-electron chi connectivity index (χ0n) is 10.9. The number of carbonyl (C=O) groups excluding carboxylic acids is 1. The molecule has 0 aliphatic rings. The molecule has 0 N–H and O–H groups in total. The monoisotopic (exact) mass is 356 g/mol. The van der Waals surface area contributed by atoms with Gasteiger partial charge in [0.25, 0.3) is 0 Å². The third-order valence-electron chi connectivity index (χ3n) is 2.92. The number of hydrogen-bond donors (Lipinski definition) is 0. The van der Waals surface area contributed by atoms with Gasteiger partial charge < -0.3 is 0 Å². The number of alkyl halides is 10. The maximum Gasteiger partial charge on any atom is 0.460 e. The Labute approximate surface area is 121 Å². The second-order valence-corrected chi connectivity index (χ2v) is 4.45. The molecule has 0 saturated carbocycles. The third kappa shape index (κ3) is 3.13. The fourth-order valence-electron chi connectivity index (χ4n) is 1.68. The number of benzene rings is 1. The van der Waals surface area contributed by atoms with Gasteiger partial charge in [-0.1, -0.05) is 12.1 Å². The molecule has 0 atom stereocenters. The predicted octanol–water partition coefficient (Wildman–Crippen LogP) is 5.03. The summed E-state index contributed by atoms with van der Waals surface area (Å²) in [7, 11) is 0. The van der Waals surface area contributed by atoms with Crippen molar-refractivity contribution in [3.8, 4) is 0 Å². The molecule has 0 aromatic heterocycles. The van der Waals surface area contributed by atoms with Gasteiger partial charge in [-0.25, -0.2) is 0 Å². The Bertz CT molecular complexity index is 611. The smallest absolute Gasteiger partial charge is 0.287 e. The van der Waals surface area contributed by atoms with Gasteiger partial charge in [0.2, 0.25) is 5.78 Å². The summed E-state index contributed by atoms with van der Waals surface area (Å²) in [4.78, 5) is 11.4. The van der Waals surface area contributed by atoms with E-state index in [2.05, 4.69) is 0 Å². The summed E-state index contributed by atoms with van der Waals surface area (Å²) in [5.41, 5.74) is -4.36. The highest BCUT2D eigenvalue weighted by molar-refractivity contribution is 6.03. The first-order chi connectivity index (χ1) is 10.0. The van der Waals surface area contributed by atoms with Crippen LogP contribution >= 0.6 is 0 Å². The highest BCUT2D eigenvalue weighted by atomic mass is 19.4. The summed E-state index contributed by atoms with van der Waals surface area (Å²) in [5.74, 6) is -16.1. The van der Waals surface area contributed by atoms with Crippen LogP contribution in [0, 0.1) is 6.92 Å². The van der Waals surface area contributed by atoms with Gasteiger partial charge in [0.1, 0.15) is 0 Å². The van der Waals surface area contributed by atoms with Gasteiger partial charge in [0.15, 0.2) is 0 Å². The van der Waals surface area contributed by atoms with Crippen LogP contribution in [0.1, 0.15) is 21.5 Å². The summed E-state index contributed by atoms with van der Waals surface area (Å²) in [6.07, 6.45) is -11.9. The van der Waals surface area contributed by atoms with E-state index in [0.29, 0.717) is 25.1 Å². The average Bonchev–Trinajstić information content (AvgIpc) is 2.35. The van der Waals surface area contributed by atoms with E-state index in [1.54, 1.807) is 0 Å². The van der Waals surface area contributed by atoms with Gasteiger partial charge in [0, 0.05) is 5.56 Å². The van der Waals surface area contributed by atoms with E-state index in [0.717, 1.165) is 0 Å². The molecule has 0 fully saturated rings. The SMILES string of the molecule is Cc1c(C(=O)C(F)(F)C(F)(F)C(F)(F)F)cccc1C(F)(F)F. The molecule has 11 heteroatoms. The molecule has 0 amide bonds. The van der Waals surface area contributed by atoms with Crippen molar-refractivity contribution in [1.82, 2.24) is 0 Å². The summed E-state index contributed by atoms with van der Waals surface area (Å²) in [6.45, 7) is 0.512. The molecule has 0 spiro atoms. The fraction of sp³-hybridized carbons (Fsp3) is 0.417. The Kier molecular flexibility index (Phi) is 4.50. The average molecular weight is 356 g/mol. The zero-order chi connectivity index (χ0) is 18.4. The number of Topliss-reactive ketones (excluding diaryl/α,β-unsaturated/α-hetero) is 1. The van der Waals surface area contributed by atoms with E-state index < -0.39 is 46.7 Å². The van der Waals surface area contributed by atoms with Crippen LogP contribution in [0.15, 0.2) is 18.2 Å². The Morgan fingerprint density at radius 2 is 1.35 bits per heavy atom. The minimum Gasteiger partial charge on any atom is -0.287 e. The Hall–Kier alpha value is -1.81. The highest BCUT2D eigenvalue weighted by Gasteiger charge is 2.76. The van der Waals surface area contributed by atoms with Crippen molar-refractivity contribution in [2.24, 2.45) is 0 Å². The number of rotatable bonds is 3. The Morgan fingerprint density at radius 3 is 1.74 bits per heavy atom. The second kappa shape index (κ2) is 5.38. The normalized spacial score (nSPS) is 14.0. The van der Waals surface area contributed by atoms with Crippen LogP contribution in [0.2, 0.25) is 0 Å². The van der Waals surface area contributed by atoms with E-state index >= 15 is 0 Å². The first-order valence-corrected chi connectivity index (χ1v) is 5.59. The number of ketones is 1. The summed E-state index contributed by atoms with van der Waals surface area (Å²) in [5, 5.41) is 0. The van der Waals surface area contributed by atoms with Crippen LogP contribution in [0.3, 0.4) is 0 Å². The van der Waals surface area contributed by atoms with Crippen molar-refractivity contribution in [3.63, 3.8) is 0 Å². The molecule has 0 heterocycles. The minimum absolute atomic E-state index is 0.313. The highest BCUT2D eigenvalue weighted by Crippen LogP contribution is 2.48. The molecule has 0 bridgehead atoms. The molecule has 1 nitrogen and oxygen atoms in total. The fourth-order valence-corrected chi connectivity index (χ4v) is 1.68. The van der Waals surface area contributed by atoms with Crippen LogP contribution in [0.4, 0.5) is 43.9 Å². The first-order valence-electron chi connectivity index (χ1n) is 5.59. The molecule has 0 radical (unpaired) electrons. The lowest BCUT2D eigenvalue weighted by atomic mass is 9.93. The molecule has 1 aromatic carbocycles. The lowest BCUT2D eigenvalue weighted by molar-refractivity contribution is -0.339. The van der Waals surface area contributed by atoms with Crippen molar-refractivity contribution in [2.45, 2.75) is 31.1 Å². The van der Waals surface area contributed by atoms with Gasteiger partial charge >= 0.3 is 24.2 Å². The van der Waals surface area contributed by atoms with Crippen molar-refractivity contribution < 1.29 is 48.7 Å². The van der Waals surface area contributed by atoms with E-state index in [-0.39, 0.29) is 0 Å². The lowest BCUT2D eigenvalue weighted by Crippen LogP contribution is -2.56. The summed E-state index contributed by atoms with van der Waals surface area (Å²) >= 11 is 0. The van der Waals surface area contributed by atoms with Crippen LogP contribution in [0.25, 0.3) is 0 Å². The van der Waals surface area contributed by atoms with Gasteiger partial charge in [-0.2, -0.15) is 43.9 Å². The summed E-state index contributed by atoms with van der Waals surface area (Å²) < 4.78 is 126. The third-order valence-corrected chi connectivity index (χ3v) is 2.92. The molecule has 0 saturated heterocycles. The van der Waals surface area contributed by atoms with Crippen molar-refractivity contribution >= 4 is 5.78 Å². The largest absolute Gasteiger partial charge is 0.460 e. The summed E-state index contributed by atoms with van der Waals surface area (Å²) in [6, 6.07) is 1.13. The molecular weight excluding hydrogens is 350 g/mol.